The lowest BCUT2D eigenvalue weighted by atomic mass is 10.00. The third-order valence-corrected chi connectivity index (χ3v) is 11.0. The van der Waals surface area contributed by atoms with E-state index >= 15 is 0 Å². The summed E-state index contributed by atoms with van der Waals surface area (Å²) >= 11 is 0. The molecule has 3 heteroatoms. The van der Waals surface area contributed by atoms with E-state index in [-0.39, 0.29) is 0 Å². The van der Waals surface area contributed by atoms with Gasteiger partial charge in [0.25, 0.3) is 0 Å². The lowest BCUT2D eigenvalue weighted by Gasteiger charge is -2.10. The highest BCUT2D eigenvalue weighted by atomic mass is 14.9. The fourth-order valence-electron chi connectivity index (χ4n) is 8.42. The standard InChI is InChI=1S/C52H33N3/c1-3-14-34(15-4-1)35-26-28-36(29-27-35)47-33-48(54-52(53-47)37-16-5-2-6-17-37)38-30-31-50-46(32-38)45-24-13-23-44-42-21-10-8-19-40(42)39-18-7-9-20-41(39)43-22-11-12-25-49(43)55(50)51(44)45/h1-33H. The van der Waals surface area contributed by atoms with Gasteiger partial charge in [0.05, 0.1) is 27.9 Å². The van der Waals surface area contributed by atoms with E-state index in [1.54, 1.807) is 0 Å². The van der Waals surface area contributed by atoms with Gasteiger partial charge in [0.1, 0.15) is 0 Å². The highest BCUT2D eigenvalue weighted by Crippen LogP contribution is 2.40. The lowest BCUT2D eigenvalue weighted by Crippen LogP contribution is -1.96. The second kappa shape index (κ2) is 12.6. The average molecular weight is 700 g/mol. The number of rotatable bonds is 4. The van der Waals surface area contributed by atoms with Crippen molar-refractivity contribution in [3.8, 4) is 45.0 Å². The molecule has 0 saturated heterocycles. The summed E-state index contributed by atoms with van der Waals surface area (Å²) in [4.78, 5) is 10.4. The molecule has 0 N–H and O–H groups in total. The lowest BCUT2D eigenvalue weighted by molar-refractivity contribution is 1.18. The molecule has 11 rings (SSSR count). The quantitative estimate of drug-likeness (QED) is 0.183. The van der Waals surface area contributed by atoms with Crippen LogP contribution in [-0.2, 0) is 0 Å². The molecule has 0 bridgehead atoms. The van der Waals surface area contributed by atoms with E-state index in [2.05, 4.69) is 180 Å². The van der Waals surface area contributed by atoms with Crippen molar-refractivity contribution in [2.24, 2.45) is 0 Å². The van der Waals surface area contributed by atoms with Crippen molar-refractivity contribution in [2.45, 2.75) is 0 Å². The van der Waals surface area contributed by atoms with Crippen LogP contribution in [0.25, 0.3) is 105 Å². The number of hydrogen-bond acceptors (Lipinski definition) is 2. The maximum atomic E-state index is 5.22. The van der Waals surface area contributed by atoms with Crippen molar-refractivity contribution in [1.29, 1.82) is 0 Å². The molecule has 0 fully saturated rings. The van der Waals surface area contributed by atoms with E-state index in [0.717, 1.165) is 39.1 Å². The highest BCUT2D eigenvalue weighted by Gasteiger charge is 2.17. The smallest absolute Gasteiger partial charge is 0.160 e. The summed E-state index contributed by atoms with van der Waals surface area (Å²) < 4.78 is 2.48. The minimum Gasteiger partial charge on any atom is -0.308 e. The predicted octanol–water partition coefficient (Wildman–Crippen LogP) is 13.7. The summed E-state index contributed by atoms with van der Waals surface area (Å²) in [6.45, 7) is 0. The van der Waals surface area contributed by atoms with Crippen LogP contribution in [0.4, 0.5) is 0 Å². The summed E-state index contributed by atoms with van der Waals surface area (Å²) in [6.07, 6.45) is 0. The topological polar surface area (TPSA) is 30.2 Å². The first-order valence-electron chi connectivity index (χ1n) is 18.7. The minimum absolute atomic E-state index is 0.705. The van der Waals surface area contributed by atoms with Crippen LogP contribution in [0.15, 0.2) is 200 Å². The van der Waals surface area contributed by atoms with E-state index in [0.29, 0.717) is 5.82 Å². The second-order valence-corrected chi connectivity index (χ2v) is 14.1. The number of nitrogens with zero attached hydrogens (tertiary/aromatic N) is 3. The van der Waals surface area contributed by atoms with Crippen LogP contribution >= 0.6 is 0 Å². The molecule has 0 unspecified atom stereocenters. The summed E-state index contributed by atoms with van der Waals surface area (Å²) in [6, 6.07) is 71.6. The van der Waals surface area contributed by atoms with Crippen LogP contribution < -0.4 is 0 Å². The normalized spacial score (nSPS) is 11.6. The molecule has 3 nitrogen and oxygen atoms in total. The minimum atomic E-state index is 0.705. The zero-order valence-electron chi connectivity index (χ0n) is 29.9. The first-order valence-corrected chi connectivity index (χ1v) is 18.7. The molecule has 55 heavy (non-hydrogen) atoms. The number of aromatic nitrogens is 3. The van der Waals surface area contributed by atoms with Crippen molar-refractivity contribution in [3.05, 3.63) is 200 Å². The Balaban J connectivity index is 1.19. The molecule has 0 radical (unpaired) electrons. The van der Waals surface area contributed by atoms with Gasteiger partial charge in [0.15, 0.2) is 5.82 Å². The van der Waals surface area contributed by atoms with Crippen LogP contribution in [-0.4, -0.2) is 14.4 Å². The second-order valence-electron chi connectivity index (χ2n) is 14.1. The monoisotopic (exact) mass is 699 g/mol. The Morgan fingerprint density at radius 3 is 1.38 bits per heavy atom. The van der Waals surface area contributed by atoms with Crippen molar-refractivity contribution in [2.75, 3.05) is 0 Å². The number of fused-ring (bicyclic) bond motifs is 10. The van der Waals surface area contributed by atoms with E-state index in [4.69, 9.17) is 9.97 Å². The van der Waals surface area contributed by atoms with Crippen molar-refractivity contribution >= 4 is 59.6 Å². The summed E-state index contributed by atoms with van der Waals surface area (Å²) in [7, 11) is 0. The first kappa shape index (κ1) is 31.2. The Morgan fingerprint density at radius 1 is 0.273 bits per heavy atom. The molecule has 3 heterocycles. The Labute approximate surface area is 318 Å². The van der Waals surface area contributed by atoms with E-state index in [9.17, 15) is 0 Å². The molecule has 0 atom stereocenters. The van der Waals surface area contributed by atoms with Gasteiger partial charge in [-0.05, 0) is 56.9 Å². The molecule has 11 aromatic rings. The molecular weight excluding hydrogens is 667 g/mol. The van der Waals surface area contributed by atoms with Crippen LogP contribution in [0.2, 0.25) is 0 Å². The van der Waals surface area contributed by atoms with Gasteiger partial charge in [0, 0.05) is 38.2 Å². The fourth-order valence-corrected chi connectivity index (χ4v) is 8.42. The van der Waals surface area contributed by atoms with Gasteiger partial charge in [-0.25, -0.2) is 9.97 Å². The Kier molecular flexibility index (Phi) is 7.17. The molecule has 0 saturated carbocycles. The zero-order valence-corrected chi connectivity index (χ0v) is 29.9. The van der Waals surface area contributed by atoms with Crippen LogP contribution in [0.1, 0.15) is 0 Å². The first-order chi connectivity index (χ1) is 27.3. The maximum absolute atomic E-state index is 5.22. The van der Waals surface area contributed by atoms with Crippen molar-refractivity contribution in [1.82, 2.24) is 14.4 Å². The van der Waals surface area contributed by atoms with E-state index in [1.807, 2.05) is 24.3 Å². The van der Waals surface area contributed by atoms with Crippen LogP contribution in [0, 0.1) is 0 Å². The van der Waals surface area contributed by atoms with Crippen molar-refractivity contribution < 1.29 is 0 Å². The maximum Gasteiger partial charge on any atom is 0.160 e. The van der Waals surface area contributed by atoms with E-state index < -0.39 is 0 Å². The molecule has 8 aromatic carbocycles. The highest BCUT2D eigenvalue weighted by molar-refractivity contribution is 6.25. The summed E-state index contributed by atoms with van der Waals surface area (Å²) in [5, 5.41) is 9.74. The van der Waals surface area contributed by atoms with Crippen molar-refractivity contribution in [3.63, 3.8) is 0 Å². The molecule has 3 aromatic heterocycles. The van der Waals surface area contributed by atoms with Gasteiger partial charge in [0.2, 0.25) is 0 Å². The number of hydrogen-bond donors (Lipinski definition) is 0. The van der Waals surface area contributed by atoms with Gasteiger partial charge in [-0.15, -0.1) is 0 Å². The number of para-hydroxylation sites is 2. The molecule has 0 amide bonds. The fraction of sp³-hybridized carbons (Fsp3) is 0. The molecule has 256 valence electrons. The predicted molar refractivity (Wildman–Crippen MR) is 231 cm³/mol. The molecule has 0 spiro atoms. The van der Waals surface area contributed by atoms with Gasteiger partial charge >= 0.3 is 0 Å². The Morgan fingerprint density at radius 2 is 0.709 bits per heavy atom. The Bertz CT molecular complexity index is 3290. The third-order valence-electron chi connectivity index (χ3n) is 11.0. The van der Waals surface area contributed by atoms with E-state index in [1.165, 1.54) is 59.7 Å². The van der Waals surface area contributed by atoms with Gasteiger partial charge in [-0.2, -0.15) is 0 Å². The van der Waals surface area contributed by atoms with Gasteiger partial charge in [-0.1, -0.05) is 176 Å². The largest absolute Gasteiger partial charge is 0.308 e. The number of benzene rings is 8. The third kappa shape index (κ3) is 5.13. The van der Waals surface area contributed by atoms with Crippen LogP contribution in [0.5, 0.6) is 0 Å². The molecular formula is C52H33N3. The van der Waals surface area contributed by atoms with Gasteiger partial charge in [-0.3, -0.25) is 0 Å². The summed E-state index contributed by atoms with van der Waals surface area (Å²) in [5.41, 5.74) is 10.7. The van der Waals surface area contributed by atoms with Crippen LogP contribution in [0.3, 0.4) is 0 Å². The average Bonchev–Trinajstić information content (AvgIpc) is 3.62. The molecule has 0 aliphatic rings. The summed E-state index contributed by atoms with van der Waals surface area (Å²) in [5.74, 6) is 0.705. The zero-order chi connectivity index (χ0) is 36.3. The Hall–Kier alpha value is -7.36. The molecule has 0 aliphatic carbocycles. The molecule has 0 aliphatic heterocycles. The van der Waals surface area contributed by atoms with Gasteiger partial charge < -0.3 is 4.40 Å². The SMILES string of the molecule is c1ccc(-c2ccc(-c3cc(-c4ccc5c(c4)c4cccc6c7ccccc7c7ccccc7c7ccccc7n5c64)nc(-c4ccccc4)n3)cc2)cc1.